The van der Waals surface area contributed by atoms with E-state index >= 15 is 0 Å². The SMILES string of the molecule is CC1CC(=O)NCC(=O)N1CC(F)(F)F. The summed E-state index contributed by atoms with van der Waals surface area (Å²) in [6, 6.07) is -0.721. The number of nitrogens with zero attached hydrogens (tertiary/aromatic N) is 1. The molecular weight excluding hydrogens is 213 g/mol. The van der Waals surface area contributed by atoms with E-state index in [1.54, 1.807) is 0 Å². The van der Waals surface area contributed by atoms with E-state index in [9.17, 15) is 22.8 Å². The number of alkyl halides is 3. The number of carbonyl (C=O) groups excluding carboxylic acids is 2. The number of rotatable bonds is 1. The lowest BCUT2D eigenvalue weighted by Gasteiger charge is -2.27. The first kappa shape index (κ1) is 11.8. The van der Waals surface area contributed by atoms with Gasteiger partial charge in [0.2, 0.25) is 11.8 Å². The Hall–Kier alpha value is -1.27. The highest BCUT2D eigenvalue weighted by Crippen LogP contribution is 2.19. The normalized spacial score (nSPS) is 23.7. The molecule has 1 aliphatic rings. The number of halogens is 3. The molecule has 7 heteroatoms. The third-order valence-corrected chi connectivity index (χ3v) is 2.12. The van der Waals surface area contributed by atoms with Gasteiger partial charge >= 0.3 is 6.18 Å². The van der Waals surface area contributed by atoms with Gasteiger partial charge in [-0.05, 0) is 6.92 Å². The largest absolute Gasteiger partial charge is 0.406 e. The van der Waals surface area contributed by atoms with Gasteiger partial charge in [-0.1, -0.05) is 0 Å². The minimum absolute atomic E-state index is 0.0954. The molecule has 1 saturated heterocycles. The van der Waals surface area contributed by atoms with Crippen LogP contribution < -0.4 is 5.32 Å². The first-order valence-corrected chi connectivity index (χ1v) is 4.42. The fraction of sp³-hybridized carbons (Fsp3) is 0.750. The summed E-state index contributed by atoms with van der Waals surface area (Å²) in [5, 5.41) is 2.24. The molecule has 0 radical (unpaired) electrons. The van der Waals surface area contributed by atoms with E-state index < -0.39 is 30.6 Å². The van der Waals surface area contributed by atoms with E-state index in [0.717, 1.165) is 0 Å². The molecular formula is C8H11F3N2O2. The Bertz CT molecular complexity index is 278. The number of hydrogen-bond donors (Lipinski definition) is 1. The summed E-state index contributed by atoms with van der Waals surface area (Å²) >= 11 is 0. The first-order chi connectivity index (χ1) is 6.79. The summed E-state index contributed by atoms with van der Waals surface area (Å²) in [4.78, 5) is 22.9. The zero-order valence-corrected chi connectivity index (χ0v) is 8.10. The third kappa shape index (κ3) is 3.41. The summed E-state index contributed by atoms with van der Waals surface area (Å²) in [5.41, 5.74) is 0. The van der Waals surface area contributed by atoms with Crippen molar-refractivity contribution in [3.05, 3.63) is 0 Å². The molecule has 1 rings (SSSR count). The first-order valence-electron chi connectivity index (χ1n) is 4.42. The van der Waals surface area contributed by atoms with Crippen LogP contribution in [0.15, 0.2) is 0 Å². The van der Waals surface area contributed by atoms with Crippen LogP contribution in [0.25, 0.3) is 0 Å². The van der Waals surface area contributed by atoms with Crippen LogP contribution in [0.3, 0.4) is 0 Å². The average Bonchev–Trinajstić information content (AvgIpc) is 2.17. The van der Waals surface area contributed by atoms with Crippen LogP contribution in [0.5, 0.6) is 0 Å². The minimum atomic E-state index is -4.43. The number of nitrogens with one attached hydrogen (secondary N) is 1. The quantitative estimate of drug-likeness (QED) is 0.695. The van der Waals surface area contributed by atoms with Gasteiger partial charge in [0.1, 0.15) is 6.54 Å². The minimum Gasteiger partial charge on any atom is -0.347 e. The topological polar surface area (TPSA) is 49.4 Å². The summed E-state index contributed by atoms with van der Waals surface area (Å²) in [5.74, 6) is -1.11. The molecule has 1 N–H and O–H groups in total. The maximum absolute atomic E-state index is 12.1. The second kappa shape index (κ2) is 4.08. The van der Waals surface area contributed by atoms with Gasteiger partial charge in [-0.3, -0.25) is 9.59 Å². The van der Waals surface area contributed by atoms with Crippen LogP contribution in [0.1, 0.15) is 13.3 Å². The van der Waals surface area contributed by atoms with Gasteiger partial charge in [-0.25, -0.2) is 0 Å². The van der Waals surface area contributed by atoms with Crippen molar-refractivity contribution in [1.82, 2.24) is 10.2 Å². The fourth-order valence-corrected chi connectivity index (χ4v) is 1.41. The van der Waals surface area contributed by atoms with Gasteiger partial charge in [0.05, 0.1) is 6.54 Å². The van der Waals surface area contributed by atoms with Gasteiger partial charge in [0.15, 0.2) is 0 Å². The molecule has 0 saturated carbocycles. The molecule has 0 bridgehead atoms. The van der Waals surface area contributed by atoms with Crippen LogP contribution >= 0.6 is 0 Å². The summed E-state index contributed by atoms with van der Waals surface area (Å²) in [7, 11) is 0. The van der Waals surface area contributed by atoms with Crippen LogP contribution in [0, 0.1) is 0 Å². The van der Waals surface area contributed by atoms with E-state index in [4.69, 9.17) is 0 Å². The molecule has 1 aliphatic heterocycles. The van der Waals surface area contributed by atoms with Crippen molar-refractivity contribution in [3.8, 4) is 0 Å². The summed E-state index contributed by atoms with van der Waals surface area (Å²) in [6.45, 7) is -0.240. The van der Waals surface area contributed by atoms with E-state index in [0.29, 0.717) is 4.90 Å². The van der Waals surface area contributed by atoms with E-state index in [-0.39, 0.29) is 13.0 Å². The van der Waals surface area contributed by atoms with Gasteiger partial charge < -0.3 is 10.2 Å². The maximum Gasteiger partial charge on any atom is 0.406 e. The number of amides is 2. The van der Waals surface area contributed by atoms with Gasteiger partial charge in [0.25, 0.3) is 0 Å². The van der Waals surface area contributed by atoms with Gasteiger partial charge in [0, 0.05) is 12.5 Å². The Balaban J connectivity index is 2.75. The highest BCUT2D eigenvalue weighted by Gasteiger charge is 2.36. The van der Waals surface area contributed by atoms with Crippen molar-refractivity contribution in [3.63, 3.8) is 0 Å². The molecule has 1 atom stereocenters. The van der Waals surface area contributed by atoms with Crippen molar-refractivity contribution in [2.24, 2.45) is 0 Å². The van der Waals surface area contributed by atoms with Crippen LogP contribution in [0.2, 0.25) is 0 Å². The Morgan fingerprint density at radius 1 is 1.47 bits per heavy atom. The van der Waals surface area contributed by atoms with E-state index in [1.165, 1.54) is 6.92 Å². The highest BCUT2D eigenvalue weighted by molar-refractivity contribution is 5.87. The Kier molecular flexibility index (Phi) is 3.21. The second-order valence-electron chi connectivity index (χ2n) is 3.47. The zero-order chi connectivity index (χ0) is 11.6. The zero-order valence-electron chi connectivity index (χ0n) is 8.10. The lowest BCUT2D eigenvalue weighted by atomic mass is 10.2. The lowest BCUT2D eigenvalue weighted by molar-refractivity contribution is -0.163. The lowest BCUT2D eigenvalue weighted by Crippen LogP contribution is -2.45. The Labute approximate surface area is 84.4 Å². The average molecular weight is 224 g/mol. The molecule has 2 amide bonds. The Morgan fingerprint density at radius 3 is 2.60 bits per heavy atom. The molecule has 86 valence electrons. The molecule has 0 aromatic carbocycles. The van der Waals surface area contributed by atoms with Crippen LogP contribution in [-0.4, -0.2) is 42.0 Å². The molecule has 1 fully saturated rings. The van der Waals surface area contributed by atoms with E-state index in [1.807, 2.05) is 0 Å². The highest BCUT2D eigenvalue weighted by atomic mass is 19.4. The van der Waals surface area contributed by atoms with Crippen molar-refractivity contribution < 1.29 is 22.8 Å². The van der Waals surface area contributed by atoms with Crippen LogP contribution in [-0.2, 0) is 9.59 Å². The monoisotopic (exact) mass is 224 g/mol. The summed E-state index contributed by atoms with van der Waals surface area (Å²) < 4.78 is 36.4. The molecule has 0 aromatic rings. The predicted molar refractivity (Wildman–Crippen MR) is 44.9 cm³/mol. The molecule has 1 unspecified atom stereocenters. The van der Waals surface area contributed by atoms with E-state index in [2.05, 4.69) is 5.32 Å². The molecule has 1 heterocycles. The van der Waals surface area contributed by atoms with Gasteiger partial charge in [-0.2, -0.15) is 13.2 Å². The molecule has 0 spiro atoms. The smallest absolute Gasteiger partial charge is 0.347 e. The molecule has 15 heavy (non-hydrogen) atoms. The van der Waals surface area contributed by atoms with Crippen molar-refractivity contribution in [2.45, 2.75) is 25.6 Å². The second-order valence-corrected chi connectivity index (χ2v) is 3.47. The number of hydrogen-bond acceptors (Lipinski definition) is 2. The molecule has 0 aromatic heterocycles. The Morgan fingerprint density at radius 2 is 2.07 bits per heavy atom. The van der Waals surface area contributed by atoms with Crippen molar-refractivity contribution in [1.29, 1.82) is 0 Å². The van der Waals surface area contributed by atoms with Gasteiger partial charge in [-0.15, -0.1) is 0 Å². The van der Waals surface area contributed by atoms with Crippen molar-refractivity contribution in [2.75, 3.05) is 13.1 Å². The molecule has 0 aliphatic carbocycles. The third-order valence-electron chi connectivity index (χ3n) is 2.12. The predicted octanol–water partition coefficient (Wildman–Crippen LogP) is 0.286. The van der Waals surface area contributed by atoms with Crippen LogP contribution in [0.4, 0.5) is 13.2 Å². The standard InChI is InChI=1S/C8H11F3N2O2/c1-5-2-6(14)12-3-7(15)13(5)4-8(9,10)11/h5H,2-4H2,1H3,(H,12,14). The molecule has 4 nitrogen and oxygen atoms in total. The summed E-state index contributed by atoms with van der Waals surface area (Å²) in [6.07, 6.45) is -4.53. The van der Waals surface area contributed by atoms with Crippen molar-refractivity contribution >= 4 is 11.8 Å². The maximum atomic E-state index is 12.1. The fourth-order valence-electron chi connectivity index (χ4n) is 1.41. The number of carbonyl (C=O) groups is 2.